The van der Waals surface area contributed by atoms with E-state index in [2.05, 4.69) is 22.7 Å². The van der Waals surface area contributed by atoms with Crippen molar-refractivity contribution in [1.82, 2.24) is 20.4 Å². The Bertz CT molecular complexity index is 452. The summed E-state index contributed by atoms with van der Waals surface area (Å²) in [5.74, 6) is 0.906. The van der Waals surface area contributed by atoms with Gasteiger partial charge in [0.2, 0.25) is 0 Å². The third kappa shape index (κ3) is 5.86. The molecule has 130 valence electrons. The van der Waals surface area contributed by atoms with E-state index in [1.54, 1.807) is 13.3 Å². The summed E-state index contributed by atoms with van der Waals surface area (Å²) in [6.07, 6.45) is 10.1. The summed E-state index contributed by atoms with van der Waals surface area (Å²) < 4.78 is 7.22. The van der Waals surface area contributed by atoms with Crippen LogP contribution in [0.1, 0.15) is 39.0 Å². The van der Waals surface area contributed by atoms with Crippen molar-refractivity contribution in [3.63, 3.8) is 0 Å². The molecule has 0 unspecified atom stereocenters. The number of methoxy groups -OCH3 is 1. The van der Waals surface area contributed by atoms with Gasteiger partial charge in [0.15, 0.2) is 5.96 Å². The molecule has 1 aromatic heterocycles. The summed E-state index contributed by atoms with van der Waals surface area (Å²) in [6, 6.07) is 1.94. The molecule has 23 heavy (non-hydrogen) atoms. The third-order valence-electron chi connectivity index (χ3n) is 4.61. The highest BCUT2D eigenvalue weighted by atomic mass is 16.5. The van der Waals surface area contributed by atoms with Crippen molar-refractivity contribution in [2.24, 2.45) is 10.4 Å². The second kappa shape index (κ2) is 9.55. The molecule has 0 bridgehead atoms. The van der Waals surface area contributed by atoms with Crippen molar-refractivity contribution >= 4 is 5.96 Å². The number of ether oxygens (including phenoxy) is 1. The summed E-state index contributed by atoms with van der Waals surface area (Å²) in [5.41, 5.74) is 0.334. The molecule has 2 rings (SSSR count). The number of rotatable bonds is 9. The van der Waals surface area contributed by atoms with Crippen LogP contribution in [-0.4, -0.2) is 49.1 Å². The van der Waals surface area contributed by atoms with Crippen LogP contribution in [0.2, 0.25) is 0 Å². The molecular formula is C17H31N5O. The van der Waals surface area contributed by atoms with Gasteiger partial charge < -0.3 is 15.4 Å². The number of nitrogens with zero attached hydrogens (tertiary/aromatic N) is 3. The van der Waals surface area contributed by atoms with E-state index in [1.165, 1.54) is 25.7 Å². The maximum atomic E-state index is 5.30. The molecule has 1 saturated carbocycles. The maximum absolute atomic E-state index is 5.30. The van der Waals surface area contributed by atoms with E-state index in [4.69, 9.17) is 9.73 Å². The zero-order valence-electron chi connectivity index (χ0n) is 14.6. The van der Waals surface area contributed by atoms with Gasteiger partial charge in [-0.2, -0.15) is 5.10 Å². The fourth-order valence-corrected chi connectivity index (χ4v) is 3.24. The molecule has 1 heterocycles. The van der Waals surface area contributed by atoms with Gasteiger partial charge in [0.05, 0.1) is 6.54 Å². The zero-order chi connectivity index (χ0) is 16.4. The molecule has 0 spiro atoms. The summed E-state index contributed by atoms with van der Waals surface area (Å²) in [5, 5.41) is 11.0. The number of hydrogen-bond donors (Lipinski definition) is 2. The Morgan fingerprint density at radius 2 is 2.17 bits per heavy atom. The molecule has 6 heteroatoms. The average Bonchev–Trinajstić information content (AvgIpc) is 3.23. The van der Waals surface area contributed by atoms with Gasteiger partial charge in [0.1, 0.15) is 0 Å². The first kappa shape index (κ1) is 17.8. The van der Waals surface area contributed by atoms with Crippen LogP contribution in [0.4, 0.5) is 0 Å². The fourth-order valence-electron chi connectivity index (χ4n) is 3.24. The van der Waals surface area contributed by atoms with Gasteiger partial charge in [-0.25, -0.2) is 0 Å². The Labute approximate surface area is 139 Å². The first-order valence-electron chi connectivity index (χ1n) is 8.76. The van der Waals surface area contributed by atoms with Gasteiger partial charge in [-0.15, -0.1) is 0 Å². The molecule has 1 aliphatic carbocycles. The average molecular weight is 321 g/mol. The van der Waals surface area contributed by atoms with Crippen LogP contribution in [0.25, 0.3) is 0 Å². The summed E-state index contributed by atoms with van der Waals surface area (Å²) in [6.45, 7) is 6.34. The molecule has 1 aromatic rings. The van der Waals surface area contributed by atoms with Gasteiger partial charge in [-0.1, -0.05) is 12.8 Å². The Balaban J connectivity index is 1.85. The maximum Gasteiger partial charge on any atom is 0.191 e. The van der Waals surface area contributed by atoms with Gasteiger partial charge in [-0.3, -0.25) is 9.67 Å². The van der Waals surface area contributed by atoms with Crippen LogP contribution in [-0.2, 0) is 11.3 Å². The normalized spacial score (nSPS) is 17.4. The quantitative estimate of drug-likeness (QED) is 0.540. The Kier molecular flexibility index (Phi) is 7.39. The Hall–Kier alpha value is -1.56. The molecule has 2 N–H and O–H groups in total. The lowest BCUT2D eigenvalue weighted by atomic mass is 9.83. The fraction of sp³-hybridized carbons (Fsp3) is 0.765. The second-order valence-electron chi connectivity index (χ2n) is 6.34. The van der Waals surface area contributed by atoms with Gasteiger partial charge in [0.25, 0.3) is 0 Å². The highest BCUT2D eigenvalue weighted by Gasteiger charge is 2.33. The second-order valence-corrected chi connectivity index (χ2v) is 6.34. The lowest BCUT2D eigenvalue weighted by Crippen LogP contribution is -2.40. The topological polar surface area (TPSA) is 63.5 Å². The lowest BCUT2D eigenvalue weighted by molar-refractivity contribution is 0.141. The smallest absolute Gasteiger partial charge is 0.191 e. The molecule has 0 aliphatic heterocycles. The molecule has 1 fully saturated rings. The minimum Gasteiger partial charge on any atom is -0.385 e. The summed E-state index contributed by atoms with van der Waals surface area (Å²) >= 11 is 0. The van der Waals surface area contributed by atoms with Gasteiger partial charge in [-0.05, 0) is 37.7 Å². The van der Waals surface area contributed by atoms with Crippen molar-refractivity contribution in [2.75, 3.05) is 33.4 Å². The molecular weight excluding hydrogens is 290 g/mol. The van der Waals surface area contributed by atoms with Crippen LogP contribution in [0.15, 0.2) is 23.5 Å². The Morgan fingerprint density at radius 3 is 2.83 bits per heavy atom. The standard InChI is InChI=1S/C17H31N5O/c1-3-18-16(19-11-13-22-12-6-10-21-22)20-15-17(9-14-23-2)7-4-5-8-17/h6,10,12H,3-5,7-9,11,13-15H2,1-2H3,(H2,18,19,20). The predicted octanol–water partition coefficient (Wildman–Crippen LogP) is 2.04. The number of guanidine groups is 1. The number of nitrogens with one attached hydrogen (secondary N) is 2. The van der Waals surface area contributed by atoms with Crippen LogP contribution in [0.5, 0.6) is 0 Å². The van der Waals surface area contributed by atoms with Crippen LogP contribution >= 0.6 is 0 Å². The number of aliphatic imine (C=N–C) groups is 1. The zero-order valence-corrected chi connectivity index (χ0v) is 14.6. The van der Waals surface area contributed by atoms with E-state index in [9.17, 15) is 0 Å². The third-order valence-corrected chi connectivity index (χ3v) is 4.61. The van der Waals surface area contributed by atoms with Crippen molar-refractivity contribution < 1.29 is 4.74 Å². The SMILES string of the molecule is CCNC(=NCC1(CCOC)CCCC1)NCCn1cccn1. The predicted molar refractivity (Wildman–Crippen MR) is 93.6 cm³/mol. The minimum absolute atomic E-state index is 0.334. The van der Waals surface area contributed by atoms with E-state index < -0.39 is 0 Å². The highest BCUT2D eigenvalue weighted by molar-refractivity contribution is 5.79. The minimum atomic E-state index is 0.334. The van der Waals surface area contributed by atoms with Crippen molar-refractivity contribution in [3.05, 3.63) is 18.5 Å². The van der Waals surface area contributed by atoms with Crippen LogP contribution in [0.3, 0.4) is 0 Å². The van der Waals surface area contributed by atoms with Crippen LogP contribution < -0.4 is 10.6 Å². The number of hydrogen-bond acceptors (Lipinski definition) is 3. The molecule has 0 radical (unpaired) electrons. The summed E-state index contributed by atoms with van der Waals surface area (Å²) in [7, 11) is 1.78. The Morgan fingerprint density at radius 1 is 1.35 bits per heavy atom. The van der Waals surface area contributed by atoms with E-state index in [0.717, 1.165) is 45.2 Å². The molecule has 0 saturated heterocycles. The largest absolute Gasteiger partial charge is 0.385 e. The molecule has 0 atom stereocenters. The van der Waals surface area contributed by atoms with Crippen molar-refractivity contribution in [3.8, 4) is 0 Å². The van der Waals surface area contributed by atoms with Crippen molar-refractivity contribution in [1.29, 1.82) is 0 Å². The summed E-state index contributed by atoms with van der Waals surface area (Å²) in [4.78, 5) is 4.85. The molecule has 0 amide bonds. The number of aromatic nitrogens is 2. The van der Waals surface area contributed by atoms with E-state index in [1.807, 2.05) is 16.9 Å². The van der Waals surface area contributed by atoms with Crippen molar-refractivity contribution in [2.45, 2.75) is 45.6 Å². The van der Waals surface area contributed by atoms with E-state index in [0.29, 0.717) is 5.41 Å². The monoisotopic (exact) mass is 321 g/mol. The van der Waals surface area contributed by atoms with Gasteiger partial charge >= 0.3 is 0 Å². The van der Waals surface area contributed by atoms with E-state index >= 15 is 0 Å². The van der Waals surface area contributed by atoms with Gasteiger partial charge in [0, 0.05) is 45.7 Å². The lowest BCUT2D eigenvalue weighted by Gasteiger charge is -2.27. The van der Waals surface area contributed by atoms with E-state index in [-0.39, 0.29) is 0 Å². The first-order valence-corrected chi connectivity index (χ1v) is 8.76. The molecule has 1 aliphatic rings. The first-order chi connectivity index (χ1) is 11.3. The molecule has 6 nitrogen and oxygen atoms in total. The highest BCUT2D eigenvalue weighted by Crippen LogP contribution is 2.41. The van der Waals surface area contributed by atoms with Crippen LogP contribution in [0, 0.1) is 5.41 Å². The molecule has 0 aromatic carbocycles.